The Morgan fingerprint density at radius 2 is 2.04 bits per heavy atom. The van der Waals surface area contributed by atoms with Crippen molar-refractivity contribution in [3.8, 4) is 5.75 Å². The first-order valence-corrected chi connectivity index (χ1v) is 7.78. The first-order valence-electron chi connectivity index (χ1n) is 7.78. The van der Waals surface area contributed by atoms with Crippen molar-refractivity contribution in [1.82, 2.24) is 25.1 Å². The lowest BCUT2D eigenvalue weighted by molar-refractivity contribution is 0.0940. The number of hydrogen-bond donors (Lipinski definition) is 1. The van der Waals surface area contributed by atoms with E-state index < -0.39 is 0 Å². The lowest BCUT2D eigenvalue weighted by Crippen LogP contribution is -2.26. The van der Waals surface area contributed by atoms with Crippen LogP contribution >= 0.6 is 0 Å². The molecule has 1 aromatic carbocycles. The highest BCUT2D eigenvalue weighted by atomic mass is 16.5. The molecule has 0 saturated carbocycles. The van der Waals surface area contributed by atoms with Crippen molar-refractivity contribution in [3.63, 3.8) is 0 Å². The monoisotopic (exact) mass is 340 g/mol. The van der Waals surface area contributed by atoms with Crippen LogP contribution in [0.25, 0.3) is 11.0 Å². The van der Waals surface area contributed by atoms with Crippen LogP contribution in [0.4, 0.5) is 5.82 Å². The number of carbonyl (C=O) groups is 1. The van der Waals surface area contributed by atoms with Gasteiger partial charge in [0.2, 0.25) is 5.82 Å². The van der Waals surface area contributed by atoms with Gasteiger partial charge in [0, 0.05) is 39.4 Å². The number of aryl methyl sites for hydroxylation is 1. The Hall–Kier alpha value is -3.16. The Kier molecular flexibility index (Phi) is 4.51. The predicted octanol–water partition coefficient (Wildman–Crippen LogP) is 1.37. The zero-order valence-electron chi connectivity index (χ0n) is 14.6. The Bertz CT molecular complexity index is 919. The lowest BCUT2D eigenvalue weighted by Gasteiger charge is -2.13. The standard InChI is InChI=1S/C17H20N6O2/c1-22(2)16-12-10-23(3)21-14(12)19-15(20-16)17(24)18-9-11-7-5-6-8-13(11)25-4/h5-8,10H,9H2,1-4H3,(H,18,24). The molecule has 0 radical (unpaired) electrons. The third kappa shape index (κ3) is 3.37. The van der Waals surface area contributed by atoms with E-state index in [9.17, 15) is 4.79 Å². The maximum Gasteiger partial charge on any atom is 0.289 e. The average molecular weight is 340 g/mol. The van der Waals surface area contributed by atoms with Crippen LogP contribution in [-0.4, -0.2) is 46.9 Å². The molecule has 0 aliphatic carbocycles. The van der Waals surface area contributed by atoms with E-state index in [1.54, 1.807) is 11.8 Å². The summed E-state index contributed by atoms with van der Waals surface area (Å²) in [6, 6.07) is 7.52. The quantitative estimate of drug-likeness (QED) is 0.755. The number of aromatic nitrogens is 4. The number of benzene rings is 1. The van der Waals surface area contributed by atoms with E-state index in [1.165, 1.54) is 0 Å². The number of nitrogens with zero attached hydrogens (tertiary/aromatic N) is 5. The van der Waals surface area contributed by atoms with E-state index in [-0.39, 0.29) is 11.7 Å². The van der Waals surface area contributed by atoms with Crippen molar-refractivity contribution < 1.29 is 9.53 Å². The molecule has 2 aromatic heterocycles. The highest BCUT2D eigenvalue weighted by Crippen LogP contribution is 2.21. The Labute approximate surface area is 145 Å². The Balaban J connectivity index is 1.87. The van der Waals surface area contributed by atoms with Gasteiger partial charge in [-0.2, -0.15) is 5.10 Å². The number of carbonyl (C=O) groups excluding carboxylic acids is 1. The third-order valence-electron chi connectivity index (χ3n) is 3.73. The maximum atomic E-state index is 12.5. The van der Waals surface area contributed by atoms with Gasteiger partial charge < -0.3 is 15.0 Å². The number of rotatable bonds is 5. The van der Waals surface area contributed by atoms with Gasteiger partial charge in [0.1, 0.15) is 11.6 Å². The number of methoxy groups -OCH3 is 1. The summed E-state index contributed by atoms with van der Waals surface area (Å²) in [4.78, 5) is 23.0. The van der Waals surface area contributed by atoms with Crippen LogP contribution in [0.2, 0.25) is 0 Å². The van der Waals surface area contributed by atoms with Crippen molar-refractivity contribution in [1.29, 1.82) is 0 Å². The van der Waals surface area contributed by atoms with Crippen molar-refractivity contribution >= 4 is 22.8 Å². The van der Waals surface area contributed by atoms with E-state index in [4.69, 9.17) is 4.74 Å². The van der Waals surface area contributed by atoms with Gasteiger partial charge in [-0.3, -0.25) is 9.48 Å². The molecule has 0 fully saturated rings. The summed E-state index contributed by atoms with van der Waals surface area (Å²) < 4.78 is 6.95. The first-order chi connectivity index (χ1) is 12.0. The van der Waals surface area contributed by atoms with E-state index in [2.05, 4.69) is 20.4 Å². The smallest absolute Gasteiger partial charge is 0.289 e. The predicted molar refractivity (Wildman–Crippen MR) is 94.8 cm³/mol. The zero-order valence-corrected chi connectivity index (χ0v) is 14.6. The van der Waals surface area contributed by atoms with Crippen LogP contribution < -0.4 is 15.0 Å². The molecule has 3 rings (SSSR count). The summed E-state index contributed by atoms with van der Waals surface area (Å²) in [5.74, 6) is 1.10. The molecule has 0 bridgehead atoms. The number of ether oxygens (including phenoxy) is 1. The summed E-state index contributed by atoms with van der Waals surface area (Å²) in [6.07, 6.45) is 1.83. The van der Waals surface area contributed by atoms with Crippen molar-refractivity contribution in [2.24, 2.45) is 7.05 Å². The fourth-order valence-corrected chi connectivity index (χ4v) is 2.55. The molecule has 3 aromatic rings. The molecule has 0 saturated heterocycles. The molecule has 1 amide bonds. The van der Waals surface area contributed by atoms with Crippen LogP contribution in [0, 0.1) is 0 Å². The molecular formula is C17H20N6O2. The lowest BCUT2D eigenvalue weighted by atomic mass is 10.2. The molecule has 0 spiro atoms. The molecule has 8 nitrogen and oxygen atoms in total. The Morgan fingerprint density at radius 1 is 1.28 bits per heavy atom. The number of para-hydroxylation sites is 1. The fourth-order valence-electron chi connectivity index (χ4n) is 2.55. The molecule has 130 valence electrons. The van der Waals surface area contributed by atoms with E-state index in [1.807, 2.05) is 56.5 Å². The summed E-state index contributed by atoms with van der Waals surface area (Å²) in [5.41, 5.74) is 1.37. The molecule has 1 N–H and O–H groups in total. The molecule has 0 unspecified atom stereocenters. The molecule has 0 atom stereocenters. The second kappa shape index (κ2) is 6.76. The molecule has 2 heterocycles. The van der Waals surface area contributed by atoms with Gasteiger partial charge in [-0.1, -0.05) is 18.2 Å². The summed E-state index contributed by atoms with van der Waals surface area (Å²) in [5, 5.41) is 7.91. The fraction of sp³-hybridized carbons (Fsp3) is 0.294. The minimum atomic E-state index is -0.360. The summed E-state index contributed by atoms with van der Waals surface area (Å²) in [7, 11) is 7.14. The second-order valence-corrected chi connectivity index (χ2v) is 5.80. The van der Waals surface area contributed by atoms with Crippen LogP contribution in [0.1, 0.15) is 16.2 Å². The van der Waals surface area contributed by atoms with Gasteiger partial charge in [0.05, 0.1) is 12.5 Å². The largest absolute Gasteiger partial charge is 0.496 e. The average Bonchev–Trinajstić information content (AvgIpc) is 2.98. The highest BCUT2D eigenvalue weighted by molar-refractivity contribution is 5.95. The first kappa shape index (κ1) is 16.7. The number of hydrogen-bond acceptors (Lipinski definition) is 6. The van der Waals surface area contributed by atoms with Crippen molar-refractivity contribution in [3.05, 3.63) is 41.9 Å². The van der Waals surface area contributed by atoms with Crippen LogP contribution in [-0.2, 0) is 13.6 Å². The molecule has 0 aliphatic rings. The SMILES string of the molecule is COc1ccccc1CNC(=O)c1nc(N(C)C)c2cn(C)nc2n1. The number of nitrogens with one attached hydrogen (secondary N) is 1. The van der Waals surface area contributed by atoms with Crippen molar-refractivity contribution in [2.75, 3.05) is 26.1 Å². The van der Waals surface area contributed by atoms with Gasteiger partial charge in [0.15, 0.2) is 5.65 Å². The van der Waals surface area contributed by atoms with Crippen LogP contribution in [0.3, 0.4) is 0 Å². The number of fused-ring (bicyclic) bond motifs is 1. The van der Waals surface area contributed by atoms with Crippen LogP contribution in [0.5, 0.6) is 5.75 Å². The van der Waals surface area contributed by atoms with E-state index >= 15 is 0 Å². The molecule has 25 heavy (non-hydrogen) atoms. The maximum absolute atomic E-state index is 12.5. The minimum absolute atomic E-state index is 0.0878. The van der Waals surface area contributed by atoms with Gasteiger partial charge in [-0.15, -0.1) is 0 Å². The summed E-state index contributed by atoms with van der Waals surface area (Å²) in [6.45, 7) is 0.323. The number of anilines is 1. The van der Waals surface area contributed by atoms with E-state index in [0.29, 0.717) is 18.0 Å². The normalized spacial score (nSPS) is 10.7. The van der Waals surface area contributed by atoms with Crippen molar-refractivity contribution in [2.45, 2.75) is 6.54 Å². The summed E-state index contributed by atoms with van der Waals surface area (Å²) >= 11 is 0. The highest BCUT2D eigenvalue weighted by Gasteiger charge is 2.17. The topological polar surface area (TPSA) is 85.2 Å². The van der Waals surface area contributed by atoms with Gasteiger partial charge in [0.25, 0.3) is 5.91 Å². The van der Waals surface area contributed by atoms with E-state index in [0.717, 1.165) is 16.7 Å². The molecule has 0 aliphatic heterocycles. The third-order valence-corrected chi connectivity index (χ3v) is 3.73. The van der Waals surface area contributed by atoms with Crippen LogP contribution in [0.15, 0.2) is 30.5 Å². The molecule has 8 heteroatoms. The zero-order chi connectivity index (χ0) is 18.0. The van der Waals surface area contributed by atoms with Gasteiger partial charge >= 0.3 is 0 Å². The molecular weight excluding hydrogens is 320 g/mol. The number of amides is 1. The second-order valence-electron chi connectivity index (χ2n) is 5.80. The Morgan fingerprint density at radius 3 is 2.76 bits per heavy atom. The minimum Gasteiger partial charge on any atom is -0.496 e. The van der Waals surface area contributed by atoms with Gasteiger partial charge in [-0.25, -0.2) is 9.97 Å². The van der Waals surface area contributed by atoms with Gasteiger partial charge in [-0.05, 0) is 6.07 Å².